The Labute approximate surface area is 188 Å². The molecule has 0 radical (unpaired) electrons. The molecule has 2 bridgehead atoms. The van der Waals surface area contributed by atoms with Gasteiger partial charge in [0.25, 0.3) is 24.8 Å². The van der Waals surface area contributed by atoms with Crippen molar-refractivity contribution in [2.24, 2.45) is 15.7 Å². The van der Waals surface area contributed by atoms with Crippen LogP contribution < -0.4 is 21.3 Å². The van der Waals surface area contributed by atoms with Gasteiger partial charge in [-0.25, -0.2) is 0 Å². The van der Waals surface area contributed by atoms with E-state index in [1.165, 1.54) is 0 Å². The lowest BCUT2D eigenvalue weighted by Crippen LogP contribution is -2.72. The Morgan fingerprint density at radius 2 is 2.09 bits per heavy atom. The number of hydrogen-bond donors (Lipinski definition) is 3. The molecule has 0 aromatic heterocycles. The Morgan fingerprint density at radius 1 is 1.33 bits per heavy atom. The number of aliphatic imine (C=N–C) groups is 2. The van der Waals surface area contributed by atoms with Crippen molar-refractivity contribution in [1.82, 2.24) is 15.5 Å². The molecule has 33 heavy (non-hydrogen) atoms. The fraction of sp³-hybridized carbons (Fsp3) is 0.400. The quantitative estimate of drug-likeness (QED) is 0.217. The van der Waals surface area contributed by atoms with Crippen LogP contribution in [0, 0.1) is 0 Å². The summed E-state index contributed by atoms with van der Waals surface area (Å²) in [4.78, 5) is 58.6. The van der Waals surface area contributed by atoms with Gasteiger partial charge in [-0.05, 0) is 31.3 Å². The summed E-state index contributed by atoms with van der Waals surface area (Å²) >= 11 is 0. The van der Waals surface area contributed by atoms with Crippen molar-refractivity contribution < 1.29 is 28.7 Å². The standard InChI is InChI=1S/C20H23N7O6/c1-26-14-8-22-17-20(26,18(31)25-19(21)24-17)27(9-14)13-4-2-12(3-5-13)16(30)23-15(33-11-29)6-7-32-10-28/h2-5,10-11,14-15H,6-9H2,1H3,(H,23,30)(H3,21,22,24,25,31). The minimum absolute atomic E-state index is 0.0219. The molecule has 3 heterocycles. The van der Waals surface area contributed by atoms with Gasteiger partial charge in [-0.15, -0.1) is 0 Å². The summed E-state index contributed by atoms with van der Waals surface area (Å²) in [5.74, 6) is -0.589. The van der Waals surface area contributed by atoms with Crippen molar-refractivity contribution in [3.05, 3.63) is 29.8 Å². The Morgan fingerprint density at radius 3 is 2.79 bits per heavy atom. The second-order valence-electron chi connectivity index (χ2n) is 7.66. The number of carbonyl (C=O) groups is 4. The minimum atomic E-state index is -1.23. The number of benzene rings is 1. The van der Waals surface area contributed by atoms with E-state index in [-0.39, 0.29) is 38.0 Å². The number of likely N-dealkylation sites (N-methyl/N-ethyl adjacent to an activating group) is 1. The number of fused-ring (bicyclic) bond motifs is 1. The van der Waals surface area contributed by atoms with Crippen molar-refractivity contribution >= 4 is 42.2 Å². The summed E-state index contributed by atoms with van der Waals surface area (Å²) in [6, 6.07) is 6.67. The van der Waals surface area contributed by atoms with Gasteiger partial charge in [-0.1, -0.05) is 0 Å². The van der Waals surface area contributed by atoms with E-state index in [2.05, 4.69) is 25.4 Å². The molecule has 0 saturated carbocycles. The number of ether oxygens (including phenoxy) is 2. The van der Waals surface area contributed by atoms with E-state index in [9.17, 15) is 19.2 Å². The third-order valence-corrected chi connectivity index (χ3v) is 5.94. The maximum atomic E-state index is 13.1. The van der Waals surface area contributed by atoms with Crippen LogP contribution in [0.15, 0.2) is 34.3 Å². The first-order valence-corrected chi connectivity index (χ1v) is 10.2. The zero-order valence-corrected chi connectivity index (χ0v) is 17.8. The van der Waals surface area contributed by atoms with E-state index < -0.39 is 23.7 Å². The number of nitrogens with zero attached hydrogens (tertiary/aromatic N) is 4. The lowest BCUT2D eigenvalue weighted by atomic mass is 10.0. The van der Waals surface area contributed by atoms with E-state index in [1.54, 1.807) is 24.3 Å². The molecule has 2 saturated heterocycles. The first kappa shape index (κ1) is 22.2. The summed E-state index contributed by atoms with van der Waals surface area (Å²) in [6.07, 6.45) is -0.848. The molecule has 3 atom stereocenters. The molecule has 3 aliphatic rings. The molecule has 4 N–H and O–H groups in total. The molecule has 1 aromatic carbocycles. The number of hydrogen-bond acceptors (Lipinski definition) is 11. The minimum Gasteiger partial charge on any atom is -0.468 e. The number of nitrogens with two attached hydrogens (primary N) is 1. The van der Waals surface area contributed by atoms with Crippen LogP contribution in [0.1, 0.15) is 16.8 Å². The molecule has 2 amide bonds. The van der Waals surface area contributed by atoms with Gasteiger partial charge in [-0.2, -0.15) is 9.98 Å². The van der Waals surface area contributed by atoms with Crippen LogP contribution in [0.4, 0.5) is 5.69 Å². The van der Waals surface area contributed by atoms with Crippen LogP contribution in [-0.2, 0) is 23.9 Å². The molecule has 13 heteroatoms. The zero-order chi connectivity index (χ0) is 23.6. The number of amides is 2. The fourth-order valence-corrected chi connectivity index (χ4v) is 4.34. The molecule has 13 nitrogen and oxygen atoms in total. The zero-order valence-electron chi connectivity index (χ0n) is 17.8. The van der Waals surface area contributed by atoms with Crippen LogP contribution in [0.5, 0.6) is 0 Å². The molecule has 2 fully saturated rings. The number of piperazine rings is 1. The van der Waals surface area contributed by atoms with Gasteiger partial charge in [0, 0.05) is 36.8 Å². The smallest absolute Gasteiger partial charge is 0.298 e. The Balaban J connectivity index is 1.54. The average molecular weight is 457 g/mol. The van der Waals surface area contributed by atoms with Gasteiger partial charge in [0.15, 0.2) is 12.1 Å². The molecule has 0 aliphatic carbocycles. The van der Waals surface area contributed by atoms with Gasteiger partial charge < -0.3 is 30.7 Å². The Kier molecular flexibility index (Phi) is 5.96. The van der Waals surface area contributed by atoms with Crippen molar-refractivity contribution in [2.75, 3.05) is 31.6 Å². The lowest BCUT2D eigenvalue weighted by molar-refractivity contribution is -0.136. The van der Waals surface area contributed by atoms with E-state index in [0.29, 0.717) is 30.2 Å². The van der Waals surface area contributed by atoms with Crippen molar-refractivity contribution in [1.29, 1.82) is 0 Å². The monoisotopic (exact) mass is 457 g/mol. The summed E-state index contributed by atoms with van der Waals surface area (Å²) in [5.41, 5.74) is 5.49. The van der Waals surface area contributed by atoms with Crippen molar-refractivity contribution in [3.8, 4) is 0 Å². The molecular weight excluding hydrogens is 434 g/mol. The van der Waals surface area contributed by atoms with Gasteiger partial charge in [0.2, 0.25) is 11.6 Å². The molecule has 1 spiro atoms. The van der Waals surface area contributed by atoms with Crippen LogP contribution in [0.2, 0.25) is 0 Å². The Hall–Kier alpha value is -4.00. The highest BCUT2D eigenvalue weighted by molar-refractivity contribution is 6.23. The number of amidine groups is 1. The highest BCUT2D eigenvalue weighted by Crippen LogP contribution is 2.39. The number of rotatable bonds is 9. The molecule has 3 aliphatic heterocycles. The van der Waals surface area contributed by atoms with E-state index >= 15 is 0 Å². The van der Waals surface area contributed by atoms with Gasteiger partial charge >= 0.3 is 0 Å². The highest BCUT2D eigenvalue weighted by atomic mass is 16.5. The van der Waals surface area contributed by atoms with Crippen molar-refractivity contribution in [2.45, 2.75) is 24.4 Å². The number of nitrogens with one attached hydrogen (secondary N) is 2. The van der Waals surface area contributed by atoms with Gasteiger partial charge in [-0.3, -0.25) is 24.1 Å². The van der Waals surface area contributed by atoms with E-state index in [4.69, 9.17) is 10.5 Å². The largest absolute Gasteiger partial charge is 0.468 e. The topological polar surface area (TPSA) is 168 Å². The summed E-state index contributed by atoms with van der Waals surface area (Å²) in [6.45, 7) is 1.60. The van der Waals surface area contributed by atoms with E-state index in [0.717, 1.165) is 0 Å². The maximum Gasteiger partial charge on any atom is 0.298 e. The fourth-order valence-electron chi connectivity index (χ4n) is 4.34. The third kappa shape index (κ3) is 3.75. The van der Waals surface area contributed by atoms with Gasteiger partial charge in [0.05, 0.1) is 6.61 Å². The number of guanidine groups is 1. The Bertz CT molecular complexity index is 1030. The molecule has 1 aromatic rings. The highest BCUT2D eigenvalue weighted by Gasteiger charge is 2.63. The first-order valence-electron chi connectivity index (χ1n) is 10.2. The predicted octanol–water partition coefficient (Wildman–Crippen LogP) is -1.85. The summed E-state index contributed by atoms with van der Waals surface area (Å²) in [5, 5.41) is 5.75. The second kappa shape index (κ2) is 8.86. The van der Waals surface area contributed by atoms with Gasteiger partial charge in [0.1, 0.15) is 0 Å². The SMILES string of the molecule is CN1C2CNC3=NC(N)=NC(=O)C31N(c1ccc(C(=O)NC(CCOC=O)OC=O)cc1)C2. The van der Waals surface area contributed by atoms with E-state index in [1.807, 2.05) is 16.8 Å². The van der Waals surface area contributed by atoms with Crippen LogP contribution >= 0.6 is 0 Å². The molecule has 4 rings (SSSR count). The third-order valence-electron chi connectivity index (χ3n) is 5.94. The molecular formula is C20H23N7O6. The summed E-state index contributed by atoms with van der Waals surface area (Å²) in [7, 11) is 1.85. The number of anilines is 1. The maximum absolute atomic E-state index is 13.1. The predicted molar refractivity (Wildman–Crippen MR) is 115 cm³/mol. The lowest BCUT2D eigenvalue weighted by Gasteiger charge is -2.45. The van der Waals surface area contributed by atoms with Crippen LogP contribution in [-0.4, -0.2) is 86.1 Å². The normalized spacial score (nSPS) is 24.6. The van der Waals surface area contributed by atoms with Crippen LogP contribution in [0.3, 0.4) is 0 Å². The average Bonchev–Trinajstić information content (AvgIpc) is 2.96. The summed E-state index contributed by atoms with van der Waals surface area (Å²) < 4.78 is 9.40. The molecule has 174 valence electrons. The first-order chi connectivity index (χ1) is 15.9. The second-order valence-corrected chi connectivity index (χ2v) is 7.66. The van der Waals surface area contributed by atoms with Crippen molar-refractivity contribution in [3.63, 3.8) is 0 Å². The van der Waals surface area contributed by atoms with Crippen LogP contribution in [0.25, 0.3) is 0 Å². The molecule has 3 unspecified atom stereocenters. The number of carbonyl (C=O) groups excluding carboxylic acids is 4.